The van der Waals surface area contributed by atoms with Crippen LogP contribution >= 0.6 is 0 Å². The molecule has 11 rings (SSSR count). The summed E-state index contributed by atoms with van der Waals surface area (Å²) < 4.78 is 96.2. The number of hydrogen-bond donors (Lipinski definition) is 0. The molecule has 8 aromatic rings. The van der Waals surface area contributed by atoms with Crippen molar-refractivity contribution in [1.82, 2.24) is 9.55 Å². The molecule has 3 fully saturated rings. The van der Waals surface area contributed by atoms with Crippen LogP contribution in [0, 0.1) is 11.8 Å². The lowest BCUT2D eigenvalue weighted by Crippen LogP contribution is -2.42. The van der Waals surface area contributed by atoms with E-state index >= 15 is 0 Å². The van der Waals surface area contributed by atoms with E-state index in [-0.39, 0.29) is 53.3 Å². The average molecular weight is 711 g/mol. The van der Waals surface area contributed by atoms with Crippen molar-refractivity contribution in [3.8, 4) is 39.6 Å². The van der Waals surface area contributed by atoms with Gasteiger partial charge in [0.2, 0.25) is 0 Å². The van der Waals surface area contributed by atoms with Crippen LogP contribution in [-0.2, 0) is 0 Å². The predicted molar refractivity (Wildman–Crippen MR) is 221 cm³/mol. The fraction of sp³-hybridized carbons (Fsp3) is 0.163. The van der Waals surface area contributed by atoms with E-state index in [0.717, 1.165) is 52.6 Å². The number of pyridine rings is 1. The molecule has 2 bridgehead atoms. The fourth-order valence-electron chi connectivity index (χ4n) is 9.57. The lowest BCUT2D eigenvalue weighted by molar-refractivity contribution is 0.389. The Morgan fingerprint density at radius 3 is 2.00 bits per heavy atom. The van der Waals surface area contributed by atoms with Crippen LogP contribution in [0.5, 0.6) is 11.5 Å². The van der Waals surface area contributed by atoms with E-state index in [9.17, 15) is 0 Å². The number of hydrogen-bond acceptors (Lipinski definition) is 4. The van der Waals surface area contributed by atoms with Crippen molar-refractivity contribution in [2.24, 2.45) is 11.8 Å². The molecule has 4 atom stereocenters. The van der Waals surface area contributed by atoms with Crippen molar-refractivity contribution < 1.29 is 18.4 Å². The number of fused-ring (bicyclic) bond motifs is 8. The van der Waals surface area contributed by atoms with E-state index in [4.69, 9.17) is 18.4 Å². The van der Waals surface area contributed by atoms with Crippen molar-refractivity contribution >= 4 is 33.2 Å². The van der Waals surface area contributed by atoms with Crippen LogP contribution in [0.4, 0.5) is 11.4 Å². The third-order valence-corrected chi connectivity index (χ3v) is 11.6. The van der Waals surface area contributed by atoms with Gasteiger partial charge in [-0.25, -0.2) is 4.98 Å². The molecule has 6 aromatic carbocycles. The Labute approximate surface area is 329 Å². The van der Waals surface area contributed by atoms with Crippen molar-refractivity contribution in [3.63, 3.8) is 0 Å². The first-order chi connectivity index (χ1) is 30.9. The second-order valence-electron chi connectivity index (χ2n) is 14.4. The summed E-state index contributed by atoms with van der Waals surface area (Å²) in [6.45, 7) is 0.323. The van der Waals surface area contributed by atoms with Gasteiger partial charge in [0.25, 0.3) is 0 Å². The van der Waals surface area contributed by atoms with E-state index < -0.39 is 36.3 Å². The Bertz CT molecular complexity index is 3090. The predicted octanol–water partition coefficient (Wildman–Crippen LogP) is 11.8. The van der Waals surface area contributed by atoms with Gasteiger partial charge in [-0.15, -0.1) is 0 Å². The molecule has 1 saturated heterocycles. The second-order valence-corrected chi connectivity index (χ2v) is 14.4. The number of rotatable bonds is 7. The third kappa shape index (κ3) is 5.02. The normalized spacial score (nSPS) is 22.8. The van der Waals surface area contributed by atoms with E-state index in [2.05, 4.69) is 43.6 Å². The fourth-order valence-corrected chi connectivity index (χ4v) is 9.57. The van der Waals surface area contributed by atoms with Gasteiger partial charge in [-0.2, -0.15) is 0 Å². The Balaban J connectivity index is 1.04. The summed E-state index contributed by atoms with van der Waals surface area (Å²) in [5.74, 6) is 2.70. The molecule has 0 radical (unpaired) electrons. The molecule has 5 nitrogen and oxygen atoms in total. The van der Waals surface area contributed by atoms with Crippen molar-refractivity contribution in [1.29, 1.82) is 0 Å². The number of ether oxygens (including phenoxy) is 1. The Hall–Kier alpha value is -6.33. The first-order valence-electron chi connectivity index (χ1n) is 23.5. The SMILES string of the molecule is [2H]c1c([2H])c([2H])c(-c2cccc(-c3c([2H])c([2H])c([2H])c([2H])c3[2H])c2N2CN(c3cccc(Oc4ccc5c6ccccc6n(-c6ccccn6)c5c4)c3)[C@@H]3C2C2CC[C@@H]3C2)c([2H])c1[2H]. The average Bonchev–Trinajstić information content (AvgIpc) is 4.11. The van der Waals surface area contributed by atoms with Crippen LogP contribution in [0.15, 0.2) is 170 Å². The zero-order chi connectivity index (χ0) is 44.3. The molecule has 2 aliphatic carbocycles. The Morgan fingerprint density at radius 2 is 1.26 bits per heavy atom. The second kappa shape index (κ2) is 12.7. The van der Waals surface area contributed by atoms with Crippen LogP contribution < -0.4 is 14.5 Å². The smallest absolute Gasteiger partial charge is 0.137 e. The van der Waals surface area contributed by atoms with Gasteiger partial charge in [-0.3, -0.25) is 4.57 Å². The molecule has 5 heteroatoms. The highest BCUT2D eigenvalue weighted by Gasteiger charge is 2.57. The van der Waals surface area contributed by atoms with Crippen LogP contribution in [0.3, 0.4) is 0 Å². The largest absolute Gasteiger partial charge is 0.457 e. The van der Waals surface area contributed by atoms with Gasteiger partial charge in [-0.05, 0) is 84.7 Å². The molecule has 2 saturated carbocycles. The Kier molecular flexibility index (Phi) is 5.32. The highest BCUT2D eigenvalue weighted by molar-refractivity contribution is 6.09. The topological polar surface area (TPSA) is 33.5 Å². The van der Waals surface area contributed by atoms with Gasteiger partial charge in [0, 0.05) is 45.9 Å². The van der Waals surface area contributed by atoms with Crippen LogP contribution in [-0.4, -0.2) is 28.3 Å². The quantitative estimate of drug-likeness (QED) is 0.165. The number of aromatic nitrogens is 2. The zero-order valence-corrected chi connectivity index (χ0v) is 29.2. The van der Waals surface area contributed by atoms with Gasteiger partial charge in [-0.1, -0.05) is 109 Å². The van der Waals surface area contributed by atoms with Crippen molar-refractivity contribution in [2.45, 2.75) is 31.3 Å². The first-order valence-corrected chi connectivity index (χ1v) is 18.5. The van der Waals surface area contributed by atoms with Crippen molar-refractivity contribution in [3.05, 3.63) is 170 Å². The van der Waals surface area contributed by atoms with E-state index in [1.165, 1.54) is 0 Å². The van der Waals surface area contributed by atoms with Crippen LogP contribution in [0.25, 0.3) is 49.9 Å². The zero-order valence-electron chi connectivity index (χ0n) is 39.2. The summed E-state index contributed by atoms with van der Waals surface area (Å²) in [7, 11) is 0. The molecule has 3 heterocycles. The maximum atomic E-state index is 9.07. The van der Waals surface area contributed by atoms with Gasteiger partial charge >= 0.3 is 0 Å². The molecule has 1 aliphatic heterocycles. The minimum Gasteiger partial charge on any atom is -0.457 e. The molecule has 54 heavy (non-hydrogen) atoms. The molecule has 262 valence electrons. The highest BCUT2D eigenvalue weighted by Crippen LogP contribution is 2.55. The number of nitrogens with zero attached hydrogens (tertiary/aromatic N) is 4. The summed E-state index contributed by atoms with van der Waals surface area (Å²) in [6.07, 6.45) is 4.78. The van der Waals surface area contributed by atoms with Crippen LogP contribution in [0.2, 0.25) is 0 Å². The van der Waals surface area contributed by atoms with Gasteiger partial charge in [0.05, 0.1) is 49.2 Å². The number of para-hydroxylation sites is 2. The standard InChI is InChI=1S/C49H40N4O/c1-3-13-33(14-4-1)40-20-12-21-41(34-15-5-2-6-16-34)49(40)52-32-51(47-35-24-25-36(29-35)48(47)52)37-17-11-18-38(30-37)54-39-26-27-43-42-19-7-8-22-44(42)53(45(43)31-39)46-23-9-10-28-50-46/h1-23,26-28,30-31,35-36,47-48H,24-25,29,32H2/t35-,36?,47+,48?/m1/s1/i1D,2D,3D,4D,5D,6D,13D,14D,15D,16D. The summed E-state index contributed by atoms with van der Waals surface area (Å²) in [6, 6.07) is 28.7. The van der Waals surface area contributed by atoms with Crippen LogP contribution in [0.1, 0.15) is 33.0 Å². The van der Waals surface area contributed by atoms with Gasteiger partial charge in [0.1, 0.15) is 17.3 Å². The molecular formula is C49H40N4O. The number of benzene rings is 6. The third-order valence-electron chi connectivity index (χ3n) is 11.6. The Morgan fingerprint density at radius 1 is 0.593 bits per heavy atom. The first kappa shape index (κ1) is 22.7. The summed E-state index contributed by atoms with van der Waals surface area (Å²) in [4.78, 5) is 9.23. The monoisotopic (exact) mass is 710 g/mol. The molecule has 0 amide bonds. The van der Waals surface area contributed by atoms with Gasteiger partial charge < -0.3 is 14.5 Å². The van der Waals surface area contributed by atoms with E-state index in [1.54, 1.807) is 24.4 Å². The molecule has 2 aromatic heterocycles. The van der Waals surface area contributed by atoms with E-state index in [0.29, 0.717) is 40.9 Å². The maximum absolute atomic E-state index is 9.07. The molecule has 3 aliphatic rings. The molecular weight excluding hydrogens is 661 g/mol. The van der Waals surface area contributed by atoms with Gasteiger partial charge in [0.15, 0.2) is 0 Å². The minimum atomic E-state index is -0.514. The molecule has 0 spiro atoms. The molecule has 2 unspecified atom stereocenters. The molecule has 0 N–H and O–H groups in total. The summed E-state index contributed by atoms with van der Waals surface area (Å²) in [5.41, 5.74) is 4.02. The maximum Gasteiger partial charge on any atom is 0.137 e. The summed E-state index contributed by atoms with van der Waals surface area (Å²) >= 11 is 0. The lowest BCUT2D eigenvalue weighted by atomic mass is 9.88. The number of anilines is 2. The lowest BCUT2D eigenvalue weighted by Gasteiger charge is -2.34. The minimum absolute atomic E-state index is 0.0113. The summed E-state index contributed by atoms with van der Waals surface area (Å²) in [5, 5.41) is 2.19. The highest BCUT2D eigenvalue weighted by atomic mass is 16.5. The van der Waals surface area contributed by atoms with E-state index in [1.807, 2.05) is 60.7 Å². The van der Waals surface area contributed by atoms with Crippen molar-refractivity contribution in [2.75, 3.05) is 16.5 Å².